The van der Waals surface area contributed by atoms with Gasteiger partial charge in [-0.15, -0.1) is 0 Å². The second-order valence-corrected chi connectivity index (χ2v) is 7.52. The van der Waals surface area contributed by atoms with Gasteiger partial charge in [0.05, 0.1) is 4.90 Å². The number of halogens is 2. The van der Waals surface area contributed by atoms with E-state index in [9.17, 15) is 26.8 Å². The Kier molecular flexibility index (Phi) is 4.69. The summed E-state index contributed by atoms with van der Waals surface area (Å²) in [4.78, 5) is 24.8. The molecule has 2 atom stereocenters. The second kappa shape index (κ2) is 6.23. The average molecular weight is 346 g/mol. The molecule has 0 radical (unpaired) electrons. The molecule has 1 unspecified atom stereocenters. The number of hydrogen-bond donors (Lipinski definition) is 1. The minimum atomic E-state index is -3.52. The van der Waals surface area contributed by atoms with Gasteiger partial charge in [-0.05, 0) is 24.6 Å². The summed E-state index contributed by atoms with van der Waals surface area (Å²) in [7, 11) is -3.52. The number of carbonyl (C=O) groups is 2. The van der Waals surface area contributed by atoms with Crippen molar-refractivity contribution in [3.8, 4) is 0 Å². The van der Waals surface area contributed by atoms with E-state index in [1.165, 1.54) is 18.2 Å². The zero-order valence-corrected chi connectivity index (χ0v) is 13.1. The third kappa shape index (κ3) is 3.66. The van der Waals surface area contributed by atoms with Crippen LogP contribution in [0.3, 0.4) is 0 Å². The molecule has 1 aromatic rings. The quantitative estimate of drug-likeness (QED) is 0.866. The fraction of sp³-hybridized carbons (Fsp3) is 0.429. The molecule has 1 aliphatic rings. The van der Waals surface area contributed by atoms with E-state index in [0.717, 1.165) is 17.2 Å². The van der Waals surface area contributed by atoms with E-state index in [4.69, 9.17) is 5.73 Å². The highest BCUT2D eigenvalue weighted by Crippen LogP contribution is 2.29. The topological polar surface area (TPSA) is 97.5 Å². The predicted molar refractivity (Wildman–Crippen MR) is 77.7 cm³/mol. The smallest absolute Gasteiger partial charge is 0.254 e. The Morgan fingerprint density at radius 2 is 2.00 bits per heavy atom. The molecule has 1 aliphatic heterocycles. The Balaban J connectivity index is 2.33. The molecule has 0 saturated carbocycles. The molecule has 1 aromatic carbocycles. The number of primary amides is 1. The molecule has 1 saturated heterocycles. The monoisotopic (exact) mass is 346 g/mol. The van der Waals surface area contributed by atoms with Crippen LogP contribution in [0.15, 0.2) is 29.2 Å². The molecule has 2 amide bonds. The molecule has 2 N–H and O–H groups in total. The maximum Gasteiger partial charge on any atom is 0.254 e. The first-order valence-electron chi connectivity index (χ1n) is 6.80. The van der Waals surface area contributed by atoms with Crippen LogP contribution in [0, 0.1) is 5.92 Å². The van der Waals surface area contributed by atoms with Gasteiger partial charge in [0.25, 0.3) is 5.91 Å². The first-order valence-corrected chi connectivity index (χ1v) is 8.69. The van der Waals surface area contributed by atoms with Gasteiger partial charge in [-0.1, -0.05) is 6.07 Å². The highest BCUT2D eigenvalue weighted by atomic mass is 32.2. The minimum absolute atomic E-state index is 0.00842. The van der Waals surface area contributed by atoms with E-state index < -0.39 is 40.0 Å². The van der Waals surface area contributed by atoms with Crippen LogP contribution in [-0.4, -0.2) is 50.4 Å². The van der Waals surface area contributed by atoms with Gasteiger partial charge in [-0.25, -0.2) is 17.2 Å². The van der Waals surface area contributed by atoms with Crippen molar-refractivity contribution < 1.29 is 26.8 Å². The Morgan fingerprint density at radius 1 is 1.35 bits per heavy atom. The number of amides is 2. The summed E-state index contributed by atoms with van der Waals surface area (Å²) >= 11 is 0. The van der Waals surface area contributed by atoms with E-state index in [1.807, 2.05) is 0 Å². The third-order valence-corrected chi connectivity index (χ3v) is 4.90. The van der Waals surface area contributed by atoms with Crippen LogP contribution in [0.5, 0.6) is 0 Å². The second-order valence-electron chi connectivity index (χ2n) is 5.51. The highest BCUT2D eigenvalue weighted by molar-refractivity contribution is 7.90. The van der Waals surface area contributed by atoms with E-state index >= 15 is 0 Å². The summed E-state index contributed by atoms with van der Waals surface area (Å²) in [5.41, 5.74) is 5.20. The zero-order valence-electron chi connectivity index (χ0n) is 12.3. The summed E-state index contributed by atoms with van der Waals surface area (Å²) in [6.45, 7) is -0.298. The highest BCUT2D eigenvalue weighted by Gasteiger charge is 2.42. The Bertz CT molecular complexity index is 736. The predicted octanol–water partition coefficient (Wildman–Crippen LogP) is 0.671. The van der Waals surface area contributed by atoms with Gasteiger partial charge in [0.2, 0.25) is 12.3 Å². The van der Waals surface area contributed by atoms with Crippen LogP contribution < -0.4 is 5.73 Å². The van der Waals surface area contributed by atoms with Gasteiger partial charge in [0.15, 0.2) is 9.84 Å². The SMILES string of the molecule is CS(=O)(=O)c1cccc(C(=O)N2CC(C(F)F)C[C@@H]2C(N)=O)c1. The molecule has 126 valence electrons. The van der Waals surface area contributed by atoms with Gasteiger partial charge >= 0.3 is 0 Å². The molecule has 2 rings (SSSR count). The lowest BCUT2D eigenvalue weighted by atomic mass is 10.1. The number of rotatable bonds is 4. The first-order chi connectivity index (χ1) is 10.6. The lowest BCUT2D eigenvalue weighted by molar-refractivity contribution is -0.121. The fourth-order valence-corrected chi connectivity index (χ4v) is 3.24. The number of benzene rings is 1. The molecule has 0 aromatic heterocycles. The van der Waals surface area contributed by atoms with E-state index in [2.05, 4.69) is 0 Å². The van der Waals surface area contributed by atoms with Crippen molar-refractivity contribution in [1.82, 2.24) is 4.90 Å². The van der Waals surface area contributed by atoms with Crippen LogP contribution in [0.2, 0.25) is 0 Å². The van der Waals surface area contributed by atoms with Crippen LogP contribution in [0.1, 0.15) is 16.8 Å². The van der Waals surface area contributed by atoms with Crippen molar-refractivity contribution >= 4 is 21.7 Å². The van der Waals surface area contributed by atoms with Crippen molar-refractivity contribution in [2.45, 2.75) is 23.8 Å². The maximum absolute atomic E-state index is 12.9. The normalized spacial score (nSPS) is 21.7. The molecule has 0 bridgehead atoms. The Hall–Kier alpha value is -2.03. The number of sulfone groups is 1. The zero-order chi connectivity index (χ0) is 17.4. The van der Waals surface area contributed by atoms with Crippen molar-refractivity contribution in [2.75, 3.05) is 12.8 Å². The number of nitrogens with two attached hydrogens (primary N) is 1. The first kappa shape index (κ1) is 17.3. The number of likely N-dealkylation sites (tertiary alicyclic amines) is 1. The summed E-state index contributed by atoms with van der Waals surface area (Å²) in [6.07, 6.45) is -1.88. The summed E-state index contributed by atoms with van der Waals surface area (Å²) in [5.74, 6) is -2.68. The molecular weight excluding hydrogens is 330 g/mol. The molecule has 9 heteroatoms. The lowest BCUT2D eigenvalue weighted by Gasteiger charge is -2.22. The maximum atomic E-state index is 12.9. The van der Waals surface area contributed by atoms with E-state index in [-0.39, 0.29) is 23.4 Å². The molecule has 6 nitrogen and oxygen atoms in total. The number of alkyl halides is 2. The fourth-order valence-electron chi connectivity index (χ4n) is 2.57. The molecule has 1 fully saturated rings. The van der Waals surface area contributed by atoms with E-state index in [0.29, 0.717) is 0 Å². The van der Waals surface area contributed by atoms with Crippen molar-refractivity contribution in [3.63, 3.8) is 0 Å². The summed E-state index contributed by atoms with van der Waals surface area (Å²) in [5, 5.41) is 0. The Labute approximate surface area is 132 Å². The average Bonchev–Trinajstić information content (AvgIpc) is 2.91. The van der Waals surface area contributed by atoms with Gasteiger partial charge in [0, 0.05) is 24.3 Å². The number of nitrogens with zero attached hydrogens (tertiary/aromatic N) is 1. The molecule has 1 heterocycles. The number of hydrogen-bond acceptors (Lipinski definition) is 4. The van der Waals surface area contributed by atoms with Gasteiger partial charge in [-0.3, -0.25) is 9.59 Å². The van der Waals surface area contributed by atoms with Crippen LogP contribution in [0.4, 0.5) is 8.78 Å². The molecular formula is C14H16F2N2O4S. The van der Waals surface area contributed by atoms with Crippen molar-refractivity contribution in [3.05, 3.63) is 29.8 Å². The largest absolute Gasteiger partial charge is 0.368 e. The molecule has 0 aliphatic carbocycles. The molecule has 0 spiro atoms. The standard InChI is InChI=1S/C14H16F2N2O4S/c1-23(21,22)10-4-2-3-8(5-10)14(20)18-7-9(12(15)16)6-11(18)13(17)19/h2-5,9,11-12H,6-7H2,1H3,(H2,17,19)/t9?,11-/m1/s1. The van der Waals surface area contributed by atoms with E-state index in [1.54, 1.807) is 0 Å². The summed E-state index contributed by atoms with van der Waals surface area (Å²) in [6, 6.07) is 4.10. The van der Waals surface area contributed by atoms with Crippen molar-refractivity contribution in [2.24, 2.45) is 11.7 Å². The number of carbonyl (C=O) groups excluding carboxylic acids is 2. The van der Waals surface area contributed by atoms with Crippen LogP contribution >= 0.6 is 0 Å². The van der Waals surface area contributed by atoms with Crippen LogP contribution in [-0.2, 0) is 14.6 Å². The van der Waals surface area contributed by atoms with Gasteiger partial charge < -0.3 is 10.6 Å². The lowest BCUT2D eigenvalue weighted by Crippen LogP contribution is -2.43. The summed E-state index contributed by atoms with van der Waals surface area (Å²) < 4.78 is 48.8. The van der Waals surface area contributed by atoms with Crippen LogP contribution in [0.25, 0.3) is 0 Å². The van der Waals surface area contributed by atoms with Crippen molar-refractivity contribution in [1.29, 1.82) is 0 Å². The van der Waals surface area contributed by atoms with Gasteiger partial charge in [0.1, 0.15) is 6.04 Å². The molecule has 23 heavy (non-hydrogen) atoms. The Morgan fingerprint density at radius 3 is 2.52 bits per heavy atom. The van der Waals surface area contributed by atoms with Gasteiger partial charge in [-0.2, -0.15) is 0 Å². The third-order valence-electron chi connectivity index (χ3n) is 3.79. The minimum Gasteiger partial charge on any atom is -0.368 e.